The minimum absolute atomic E-state index is 0. The quantitative estimate of drug-likeness (QED) is 0.0690. The number of unbranched alkanes of at least 4 members (excludes halogenated alkanes) is 17. The molecule has 0 unspecified atom stereocenters. The number of nitrogens with zero attached hydrogens (tertiary/aromatic N) is 1. The third-order valence-electron chi connectivity index (χ3n) is 6.82. The van der Waals surface area contributed by atoms with Gasteiger partial charge >= 0.3 is 57.4 Å². The summed E-state index contributed by atoms with van der Waals surface area (Å²) in [5.41, 5.74) is 0. The van der Waals surface area contributed by atoms with E-state index >= 15 is 0 Å². The third-order valence-corrected chi connectivity index (χ3v) is 6.82. The van der Waals surface area contributed by atoms with E-state index in [-0.39, 0.29) is 63.2 Å². The molecule has 0 saturated heterocycles. The van der Waals surface area contributed by atoms with Crippen LogP contribution in [-0.4, -0.2) is 35.5 Å². The van der Waals surface area contributed by atoms with Gasteiger partial charge in [0.15, 0.2) is 0 Å². The Balaban J connectivity index is 0. The first kappa shape index (κ1) is 39.2. The molecule has 0 fully saturated rings. The van der Waals surface area contributed by atoms with Crippen LogP contribution in [0, 0.1) is 0 Å². The van der Waals surface area contributed by atoms with Gasteiger partial charge in [0.05, 0.1) is 0 Å². The average Bonchev–Trinajstić information content (AvgIpc) is 2.85. The molecule has 0 aromatic heterocycles. The molecule has 1 atom stereocenters. The van der Waals surface area contributed by atoms with Gasteiger partial charge in [0.25, 0.3) is 0 Å². The van der Waals surface area contributed by atoms with Gasteiger partial charge in [-0.3, -0.25) is 4.79 Å². The predicted molar refractivity (Wildman–Crippen MR) is 149 cm³/mol. The molecule has 0 aromatic carbocycles. The Morgan fingerprint density at radius 2 is 1.11 bits per heavy atom. The van der Waals surface area contributed by atoms with E-state index in [0.29, 0.717) is 38.6 Å². The van der Waals surface area contributed by atoms with Crippen LogP contribution in [0.4, 0.5) is 0 Å². The van der Waals surface area contributed by atoms with Crippen molar-refractivity contribution in [3.63, 3.8) is 0 Å². The Morgan fingerprint density at radius 1 is 0.676 bits per heavy atom. The molecule has 0 spiro atoms. The number of carboxylic acid groups (broad SMARTS) is 1. The van der Waals surface area contributed by atoms with Crippen LogP contribution in [-0.2, 0) is 9.59 Å². The number of rotatable bonds is 27. The van der Waals surface area contributed by atoms with Crippen molar-refractivity contribution in [2.24, 2.45) is 4.99 Å². The maximum absolute atomic E-state index is 12.1. The molecule has 0 aliphatic carbocycles. The van der Waals surface area contributed by atoms with Crippen molar-refractivity contribution >= 4 is 17.8 Å². The molecule has 1 amide bonds. The number of amides is 1. The summed E-state index contributed by atoms with van der Waals surface area (Å²) in [5.74, 6) is -1.21. The molecule has 0 aliphatic rings. The fraction of sp³-hybridized carbons (Fsp3) is 0.900. The topological polar surface area (TPSA) is 102 Å². The van der Waals surface area contributed by atoms with Crippen molar-refractivity contribution in [2.45, 2.75) is 168 Å². The van der Waals surface area contributed by atoms with Gasteiger partial charge in [-0.15, -0.1) is 0 Å². The van der Waals surface area contributed by atoms with Gasteiger partial charge in [-0.2, -0.15) is 0 Å². The number of aliphatic imine (C=N–C) groups is 1. The Labute approximate surface area is 271 Å². The molecule has 37 heavy (non-hydrogen) atoms. The maximum Gasteiger partial charge on any atom is 1.00 e. The normalized spacial score (nSPS) is 12.2. The molecule has 2 N–H and O–H groups in total. The zero-order valence-electron chi connectivity index (χ0n) is 24.7. The first-order chi connectivity index (χ1) is 17.5. The summed E-state index contributed by atoms with van der Waals surface area (Å²) < 4.78 is 0. The second kappa shape index (κ2) is 30.6. The van der Waals surface area contributed by atoms with Crippen molar-refractivity contribution in [1.82, 2.24) is 5.32 Å². The number of hydrogen-bond donors (Lipinski definition) is 2. The molecule has 0 heterocycles. The van der Waals surface area contributed by atoms with Crippen LogP contribution < -0.4 is 61.8 Å². The summed E-state index contributed by atoms with van der Waals surface area (Å²) in [6.45, 7) is 4.89. The van der Waals surface area contributed by atoms with Crippen LogP contribution in [0.15, 0.2) is 4.99 Å². The maximum atomic E-state index is 12.1. The Bertz CT molecular complexity index is 558. The number of carbonyl (C=O) groups is 2. The Kier molecular flexibility index (Phi) is 32.4. The molecular weight excluding hydrogens is 491 g/mol. The van der Waals surface area contributed by atoms with E-state index in [4.69, 9.17) is 0 Å². The summed E-state index contributed by atoms with van der Waals surface area (Å²) in [5, 5.41) is 24.0. The van der Waals surface area contributed by atoms with E-state index in [1.54, 1.807) is 0 Å². The first-order valence-corrected chi connectivity index (χ1v) is 15.2. The minimum Gasteiger partial charge on any atom is -0.862 e. The Hall–Kier alpha value is 0.0464. The van der Waals surface area contributed by atoms with Gasteiger partial charge in [0.2, 0.25) is 5.91 Å². The zero-order valence-corrected chi connectivity index (χ0v) is 27.8. The van der Waals surface area contributed by atoms with Gasteiger partial charge in [0, 0.05) is 13.0 Å². The van der Waals surface area contributed by atoms with Crippen molar-refractivity contribution in [3.8, 4) is 0 Å². The molecule has 0 saturated carbocycles. The van der Waals surface area contributed by atoms with Crippen molar-refractivity contribution in [3.05, 3.63) is 0 Å². The first-order valence-electron chi connectivity index (χ1n) is 15.2. The largest absolute Gasteiger partial charge is 1.00 e. The van der Waals surface area contributed by atoms with Crippen molar-refractivity contribution in [2.75, 3.05) is 6.54 Å². The van der Waals surface area contributed by atoms with Gasteiger partial charge in [-0.1, -0.05) is 117 Å². The number of carbonyl (C=O) groups excluding carboxylic acids is 1. The monoisotopic (exact) mass is 548 g/mol. The molecule has 0 radical (unpaired) electrons. The fourth-order valence-corrected chi connectivity index (χ4v) is 4.45. The van der Waals surface area contributed by atoms with Crippen molar-refractivity contribution < 1.29 is 71.2 Å². The van der Waals surface area contributed by atoms with Crippen LogP contribution >= 0.6 is 0 Å². The summed E-state index contributed by atoms with van der Waals surface area (Å²) in [4.78, 5) is 27.7. The number of aliphatic carboxylic acids is 1. The number of nitrogens with one attached hydrogen (secondary N) is 1. The Morgan fingerprint density at radius 3 is 1.57 bits per heavy atom. The van der Waals surface area contributed by atoms with Crippen LogP contribution in [0.5, 0.6) is 0 Å². The molecular formula is C30H57KN2O4. The van der Waals surface area contributed by atoms with E-state index in [2.05, 4.69) is 24.2 Å². The second-order valence-corrected chi connectivity index (χ2v) is 10.4. The molecule has 212 valence electrons. The zero-order chi connectivity index (χ0) is 26.7. The van der Waals surface area contributed by atoms with Gasteiger partial charge in [-0.05, 0) is 44.4 Å². The summed E-state index contributed by atoms with van der Waals surface area (Å²) in [7, 11) is 0. The average molecular weight is 549 g/mol. The number of carboxylic acids is 1. The standard InChI is InChI=1S/C30H58N2O4.K/c1-3-5-7-9-11-13-15-17-19-24-28(33)31-26-22-21-23-27(30(35)36)32-29(34)25-20-18-16-14-12-10-8-6-4-2;/h27H,3-26H2,1-2H3,(H,31,33)(H,32,34)(H,35,36);/q;+1/p-1/t27-;/m0./s1. The van der Waals surface area contributed by atoms with Crippen LogP contribution in [0.2, 0.25) is 0 Å². The molecule has 0 bridgehead atoms. The fourth-order valence-electron chi connectivity index (χ4n) is 4.45. The summed E-state index contributed by atoms with van der Waals surface area (Å²) in [6.07, 6.45) is 24.3. The molecule has 7 heteroatoms. The van der Waals surface area contributed by atoms with Crippen LogP contribution in [0.1, 0.15) is 162 Å². The van der Waals surface area contributed by atoms with Gasteiger partial charge in [0.1, 0.15) is 6.04 Å². The van der Waals surface area contributed by atoms with E-state index in [0.717, 1.165) is 32.1 Å². The van der Waals surface area contributed by atoms with E-state index in [1.807, 2.05) is 0 Å². The SMILES string of the molecule is CCCCCCCCCCCC(=O)N[C@@H](CCCCN=C([O-])CCCCCCCCCCC)C(=O)O.[K+]. The minimum atomic E-state index is -0.992. The van der Waals surface area contributed by atoms with Crippen LogP contribution in [0.3, 0.4) is 0 Å². The van der Waals surface area contributed by atoms with E-state index in [9.17, 15) is 19.8 Å². The molecule has 0 rings (SSSR count). The summed E-state index contributed by atoms with van der Waals surface area (Å²) >= 11 is 0. The molecule has 0 aliphatic heterocycles. The second-order valence-electron chi connectivity index (χ2n) is 10.4. The van der Waals surface area contributed by atoms with Crippen molar-refractivity contribution in [1.29, 1.82) is 0 Å². The number of hydrogen-bond acceptors (Lipinski definition) is 4. The van der Waals surface area contributed by atoms with E-state index < -0.39 is 12.0 Å². The van der Waals surface area contributed by atoms with Gasteiger partial charge in [-0.25, -0.2) is 4.79 Å². The smallest absolute Gasteiger partial charge is 0.862 e. The molecule has 0 aromatic rings. The van der Waals surface area contributed by atoms with E-state index in [1.165, 1.54) is 83.5 Å². The van der Waals surface area contributed by atoms with Crippen LogP contribution in [0.25, 0.3) is 0 Å². The van der Waals surface area contributed by atoms with Gasteiger partial charge < -0.3 is 20.5 Å². The molecule has 6 nitrogen and oxygen atoms in total. The third kappa shape index (κ3) is 28.9. The predicted octanol–water partition coefficient (Wildman–Crippen LogP) is 4.33. The summed E-state index contributed by atoms with van der Waals surface area (Å²) in [6, 6.07) is -0.853.